The van der Waals surface area contributed by atoms with Crippen LogP contribution in [0.15, 0.2) is 18.3 Å². The summed E-state index contributed by atoms with van der Waals surface area (Å²) < 4.78 is 0. The van der Waals surface area contributed by atoms with E-state index in [0.717, 1.165) is 24.2 Å². The number of aryl methyl sites for hydroxylation is 1. The molecule has 0 radical (unpaired) electrons. The second-order valence-electron chi connectivity index (χ2n) is 6.41. The van der Waals surface area contributed by atoms with Gasteiger partial charge in [0.05, 0.1) is 5.69 Å². The quantitative estimate of drug-likeness (QED) is 0.870. The number of nitrogens with one attached hydrogen (secondary N) is 1. The SMILES string of the molecule is CCc1cccnc1C(CC1CC2CCC1C2)NC. The van der Waals surface area contributed by atoms with Gasteiger partial charge >= 0.3 is 0 Å². The molecular formula is C17H26N2. The third-order valence-electron chi connectivity index (χ3n) is 5.41. The number of nitrogens with zero attached hydrogens (tertiary/aromatic N) is 1. The van der Waals surface area contributed by atoms with Crippen molar-refractivity contribution in [2.45, 2.75) is 51.5 Å². The first-order chi connectivity index (χ1) is 9.31. The zero-order valence-electron chi connectivity index (χ0n) is 12.2. The molecule has 2 aliphatic rings. The van der Waals surface area contributed by atoms with Crippen LogP contribution in [0.5, 0.6) is 0 Å². The van der Waals surface area contributed by atoms with E-state index in [-0.39, 0.29) is 0 Å². The highest BCUT2D eigenvalue weighted by Gasteiger charge is 2.40. The lowest BCUT2D eigenvalue weighted by molar-refractivity contribution is 0.282. The molecule has 4 unspecified atom stereocenters. The summed E-state index contributed by atoms with van der Waals surface area (Å²) in [6.07, 6.45) is 10.3. The van der Waals surface area contributed by atoms with Crippen LogP contribution >= 0.6 is 0 Å². The molecule has 2 saturated carbocycles. The molecule has 0 aromatic carbocycles. The third-order valence-corrected chi connectivity index (χ3v) is 5.41. The molecule has 19 heavy (non-hydrogen) atoms. The second kappa shape index (κ2) is 5.62. The van der Waals surface area contributed by atoms with Crippen molar-refractivity contribution in [1.29, 1.82) is 0 Å². The summed E-state index contributed by atoms with van der Waals surface area (Å²) in [6, 6.07) is 4.74. The van der Waals surface area contributed by atoms with E-state index in [9.17, 15) is 0 Å². The van der Waals surface area contributed by atoms with Crippen LogP contribution in [0.4, 0.5) is 0 Å². The molecule has 4 atom stereocenters. The Balaban J connectivity index is 1.73. The van der Waals surface area contributed by atoms with E-state index in [0.29, 0.717) is 6.04 Å². The van der Waals surface area contributed by atoms with E-state index in [2.05, 4.69) is 36.4 Å². The Labute approximate surface area is 117 Å². The Morgan fingerprint density at radius 1 is 1.37 bits per heavy atom. The molecule has 1 aromatic heterocycles. The summed E-state index contributed by atoms with van der Waals surface area (Å²) in [4.78, 5) is 4.66. The smallest absolute Gasteiger partial charge is 0.0604 e. The van der Waals surface area contributed by atoms with Crippen LogP contribution in [0, 0.1) is 17.8 Å². The van der Waals surface area contributed by atoms with Crippen LogP contribution < -0.4 is 5.32 Å². The molecule has 3 rings (SSSR count). The number of aromatic nitrogens is 1. The van der Waals surface area contributed by atoms with Crippen molar-refractivity contribution in [2.75, 3.05) is 7.05 Å². The van der Waals surface area contributed by atoms with Gasteiger partial charge in [-0.25, -0.2) is 0 Å². The van der Waals surface area contributed by atoms with Crippen molar-refractivity contribution in [1.82, 2.24) is 10.3 Å². The first-order valence-electron chi connectivity index (χ1n) is 7.92. The lowest BCUT2D eigenvalue weighted by Crippen LogP contribution is -2.24. The molecule has 104 valence electrons. The number of pyridine rings is 1. The molecule has 2 nitrogen and oxygen atoms in total. The summed E-state index contributed by atoms with van der Waals surface area (Å²) in [6.45, 7) is 2.23. The third kappa shape index (κ3) is 2.55. The zero-order valence-corrected chi connectivity index (χ0v) is 12.2. The molecule has 1 N–H and O–H groups in total. The van der Waals surface area contributed by atoms with Crippen LogP contribution in [-0.2, 0) is 6.42 Å². The Bertz CT molecular complexity index is 429. The second-order valence-corrected chi connectivity index (χ2v) is 6.41. The summed E-state index contributed by atoms with van der Waals surface area (Å²) in [7, 11) is 2.09. The molecule has 0 spiro atoms. The fourth-order valence-corrected chi connectivity index (χ4v) is 4.40. The lowest BCUT2D eigenvalue weighted by Gasteiger charge is -2.27. The van der Waals surface area contributed by atoms with Gasteiger partial charge in [-0.2, -0.15) is 0 Å². The van der Waals surface area contributed by atoms with Crippen LogP contribution in [0.25, 0.3) is 0 Å². The van der Waals surface area contributed by atoms with E-state index in [1.54, 1.807) is 0 Å². The summed E-state index contributed by atoms with van der Waals surface area (Å²) in [5.74, 6) is 2.99. The largest absolute Gasteiger partial charge is 0.312 e. The van der Waals surface area contributed by atoms with Gasteiger partial charge in [-0.3, -0.25) is 4.98 Å². The maximum Gasteiger partial charge on any atom is 0.0604 e. The predicted octanol–water partition coefficient (Wildman–Crippen LogP) is 3.73. The van der Waals surface area contributed by atoms with Crippen LogP contribution in [0.2, 0.25) is 0 Å². The molecule has 0 aliphatic heterocycles. The van der Waals surface area contributed by atoms with Crippen LogP contribution in [0.3, 0.4) is 0 Å². The lowest BCUT2D eigenvalue weighted by atomic mass is 9.83. The van der Waals surface area contributed by atoms with E-state index in [1.165, 1.54) is 43.4 Å². The molecule has 2 aliphatic carbocycles. The highest BCUT2D eigenvalue weighted by Crippen LogP contribution is 2.50. The zero-order chi connectivity index (χ0) is 13.2. The fraction of sp³-hybridized carbons (Fsp3) is 0.706. The van der Waals surface area contributed by atoms with Crippen molar-refractivity contribution < 1.29 is 0 Å². The number of fused-ring (bicyclic) bond motifs is 2. The first-order valence-corrected chi connectivity index (χ1v) is 7.92. The van der Waals surface area contributed by atoms with Crippen molar-refractivity contribution in [3.05, 3.63) is 29.6 Å². The van der Waals surface area contributed by atoms with Crippen molar-refractivity contribution in [3.8, 4) is 0 Å². The Kier molecular flexibility index (Phi) is 3.88. The van der Waals surface area contributed by atoms with Crippen LogP contribution in [0.1, 0.15) is 56.3 Å². The summed E-state index contributed by atoms with van der Waals surface area (Å²) >= 11 is 0. The van der Waals surface area contributed by atoms with Gasteiger partial charge in [-0.05, 0) is 68.5 Å². The summed E-state index contributed by atoms with van der Waals surface area (Å²) in [5.41, 5.74) is 2.69. The van der Waals surface area contributed by atoms with Gasteiger partial charge < -0.3 is 5.32 Å². The Morgan fingerprint density at radius 2 is 2.26 bits per heavy atom. The monoisotopic (exact) mass is 258 g/mol. The van der Waals surface area contributed by atoms with Crippen molar-refractivity contribution in [2.24, 2.45) is 17.8 Å². The average Bonchev–Trinajstić information content (AvgIpc) is 3.07. The highest BCUT2D eigenvalue weighted by atomic mass is 14.9. The van der Waals surface area contributed by atoms with Gasteiger partial charge in [0, 0.05) is 12.2 Å². The van der Waals surface area contributed by atoms with E-state index < -0.39 is 0 Å². The maximum absolute atomic E-state index is 4.66. The Hall–Kier alpha value is -0.890. The molecule has 0 saturated heterocycles. The maximum atomic E-state index is 4.66. The average molecular weight is 258 g/mol. The predicted molar refractivity (Wildman–Crippen MR) is 79.0 cm³/mol. The normalized spacial score (nSPS) is 30.7. The van der Waals surface area contributed by atoms with Gasteiger partial charge in [-0.1, -0.05) is 19.4 Å². The fourth-order valence-electron chi connectivity index (χ4n) is 4.40. The summed E-state index contributed by atoms with van der Waals surface area (Å²) in [5, 5.41) is 3.52. The van der Waals surface area contributed by atoms with E-state index >= 15 is 0 Å². The minimum absolute atomic E-state index is 0.445. The first kappa shape index (κ1) is 13.1. The number of hydrogen-bond acceptors (Lipinski definition) is 2. The molecule has 0 amide bonds. The topological polar surface area (TPSA) is 24.9 Å². The van der Waals surface area contributed by atoms with E-state index in [4.69, 9.17) is 0 Å². The molecule has 1 heterocycles. The van der Waals surface area contributed by atoms with Gasteiger partial charge in [0.2, 0.25) is 0 Å². The highest BCUT2D eigenvalue weighted by molar-refractivity contribution is 5.23. The van der Waals surface area contributed by atoms with Gasteiger partial charge in [0.15, 0.2) is 0 Å². The minimum Gasteiger partial charge on any atom is -0.312 e. The standard InChI is InChI=1S/C17H26N2/c1-3-13-5-4-8-19-17(13)16(18-2)11-15-10-12-6-7-14(15)9-12/h4-5,8,12,14-16,18H,3,6-7,9-11H2,1-2H3. The molecule has 2 heteroatoms. The molecule has 2 fully saturated rings. The van der Waals surface area contributed by atoms with Gasteiger partial charge in [0.25, 0.3) is 0 Å². The van der Waals surface area contributed by atoms with Gasteiger partial charge in [0.1, 0.15) is 0 Å². The minimum atomic E-state index is 0.445. The van der Waals surface area contributed by atoms with Crippen molar-refractivity contribution in [3.63, 3.8) is 0 Å². The van der Waals surface area contributed by atoms with Gasteiger partial charge in [-0.15, -0.1) is 0 Å². The van der Waals surface area contributed by atoms with Crippen LogP contribution in [-0.4, -0.2) is 12.0 Å². The van der Waals surface area contributed by atoms with E-state index in [1.807, 2.05) is 6.20 Å². The number of hydrogen-bond donors (Lipinski definition) is 1. The Morgan fingerprint density at radius 3 is 2.89 bits per heavy atom. The molecule has 1 aromatic rings. The molecule has 2 bridgehead atoms. The molecular weight excluding hydrogens is 232 g/mol. The number of rotatable bonds is 5. The van der Waals surface area contributed by atoms with Crippen molar-refractivity contribution >= 4 is 0 Å².